The minimum absolute atomic E-state index is 0.652. The first-order chi connectivity index (χ1) is 8.42. The molecule has 0 bridgehead atoms. The van der Waals surface area contributed by atoms with Gasteiger partial charge in [-0.05, 0) is 35.2 Å². The number of para-hydroxylation sites is 1. The standard InChI is InChI=1S/C15H12OS/c1-2-6-15-13(4-1)10-12(11-16-15)7-8-14-5-3-9-17-14/h1-10H,11H2/b8-7+. The molecule has 1 nitrogen and oxygen atoms in total. The number of rotatable bonds is 2. The van der Waals surface area contributed by atoms with Crippen molar-refractivity contribution in [3.8, 4) is 5.75 Å². The van der Waals surface area contributed by atoms with Crippen molar-refractivity contribution in [2.24, 2.45) is 0 Å². The van der Waals surface area contributed by atoms with E-state index in [0.29, 0.717) is 6.61 Å². The van der Waals surface area contributed by atoms with Crippen LogP contribution in [0.3, 0.4) is 0 Å². The van der Waals surface area contributed by atoms with Crippen molar-refractivity contribution >= 4 is 23.5 Å². The normalized spacial score (nSPS) is 14.2. The summed E-state index contributed by atoms with van der Waals surface area (Å²) in [6, 6.07) is 12.3. The van der Waals surface area contributed by atoms with Crippen LogP contribution >= 0.6 is 11.3 Å². The van der Waals surface area contributed by atoms with E-state index in [9.17, 15) is 0 Å². The second-order valence-electron chi connectivity index (χ2n) is 3.89. The Morgan fingerprint density at radius 2 is 2.00 bits per heavy atom. The molecule has 2 heterocycles. The van der Waals surface area contributed by atoms with Gasteiger partial charge in [-0.15, -0.1) is 11.3 Å². The van der Waals surface area contributed by atoms with Gasteiger partial charge in [0.1, 0.15) is 12.4 Å². The van der Waals surface area contributed by atoms with Crippen LogP contribution in [0.1, 0.15) is 10.4 Å². The highest BCUT2D eigenvalue weighted by molar-refractivity contribution is 7.10. The van der Waals surface area contributed by atoms with E-state index in [1.54, 1.807) is 11.3 Å². The van der Waals surface area contributed by atoms with Crippen LogP contribution in [0.15, 0.2) is 53.4 Å². The third-order valence-electron chi connectivity index (χ3n) is 2.66. The molecule has 0 unspecified atom stereocenters. The third-order valence-corrected chi connectivity index (χ3v) is 3.50. The molecule has 2 aromatic rings. The summed E-state index contributed by atoms with van der Waals surface area (Å²) in [7, 11) is 0. The number of fused-ring (bicyclic) bond motifs is 1. The van der Waals surface area contributed by atoms with Gasteiger partial charge in [-0.2, -0.15) is 0 Å². The SMILES string of the molecule is C1=C(/C=C/c2cccs2)COc2ccccc21. The van der Waals surface area contributed by atoms with E-state index in [2.05, 4.69) is 41.8 Å². The second-order valence-corrected chi connectivity index (χ2v) is 4.87. The summed E-state index contributed by atoms with van der Waals surface area (Å²) in [6.45, 7) is 0.652. The molecule has 3 rings (SSSR count). The maximum atomic E-state index is 5.69. The highest BCUT2D eigenvalue weighted by Gasteiger charge is 2.07. The van der Waals surface area contributed by atoms with Crippen molar-refractivity contribution in [1.29, 1.82) is 0 Å². The topological polar surface area (TPSA) is 9.23 Å². The molecule has 0 aliphatic carbocycles. The lowest BCUT2D eigenvalue weighted by molar-refractivity contribution is 0.351. The first-order valence-corrected chi connectivity index (χ1v) is 6.44. The number of hydrogen-bond acceptors (Lipinski definition) is 2. The number of ether oxygens (including phenoxy) is 1. The van der Waals surface area contributed by atoms with E-state index in [4.69, 9.17) is 4.74 Å². The zero-order chi connectivity index (χ0) is 11.5. The Kier molecular flexibility index (Phi) is 2.80. The van der Waals surface area contributed by atoms with Crippen molar-refractivity contribution in [3.63, 3.8) is 0 Å². The molecule has 17 heavy (non-hydrogen) atoms. The molecule has 0 saturated carbocycles. The summed E-state index contributed by atoms with van der Waals surface area (Å²) in [6.07, 6.45) is 6.44. The van der Waals surface area contributed by atoms with Gasteiger partial charge in [-0.3, -0.25) is 0 Å². The van der Waals surface area contributed by atoms with E-state index in [1.165, 1.54) is 10.5 Å². The van der Waals surface area contributed by atoms with Crippen LogP contribution in [-0.2, 0) is 0 Å². The Balaban J connectivity index is 1.85. The van der Waals surface area contributed by atoms with Gasteiger partial charge in [0.25, 0.3) is 0 Å². The van der Waals surface area contributed by atoms with Gasteiger partial charge >= 0.3 is 0 Å². The molecule has 0 fully saturated rings. The van der Waals surface area contributed by atoms with E-state index >= 15 is 0 Å². The molecule has 2 heteroatoms. The average Bonchev–Trinajstić information content (AvgIpc) is 2.89. The second kappa shape index (κ2) is 4.60. The smallest absolute Gasteiger partial charge is 0.127 e. The predicted molar refractivity (Wildman–Crippen MR) is 73.3 cm³/mol. The van der Waals surface area contributed by atoms with E-state index in [-0.39, 0.29) is 0 Å². The Hall–Kier alpha value is -1.80. The monoisotopic (exact) mass is 240 g/mol. The predicted octanol–water partition coefficient (Wildman–Crippen LogP) is 4.24. The van der Waals surface area contributed by atoms with Gasteiger partial charge in [0.15, 0.2) is 0 Å². The van der Waals surface area contributed by atoms with Gasteiger partial charge in [-0.1, -0.05) is 30.3 Å². The zero-order valence-electron chi connectivity index (χ0n) is 9.30. The Morgan fingerprint density at radius 1 is 1.06 bits per heavy atom. The lowest BCUT2D eigenvalue weighted by atomic mass is 10.1. The van der Waals surface area contributed by atoms with Crippen LogP contribution in [-0.4, -0.2) is 6.61 Å². The van der Waals surface area contributed by atoms with Gasteiger partial charge in [-0.25, -0.2) is 0 Å². The summed E-state index contributed by atoms with van der Waals surface area (Å²) in [5.74, 6) is 0.973. The number of thiophene rings is 1. The van der Waals surface area contributed by atoms with Gasteiger partial charge in [0.2, 0.25) is 0 Å². The largest absolute Gasteiger partial charge is 0.488 e. The number of benzene rings is 1. The summed E-state index contributed by atoms with van der Waals surface area (Å²) in [5, 5.41) is 2.08. The quantitative estimate of drug-likeness (QED) is 0.763. The molecule has 84 valence electrons. The molecule has 1 aromatic carbocycles. The van der Waals surface area contributed by atoms with Crippen LogP contribution in [0.5, 0.6) is 5.75 Å². The maximum absolute atomic E-state index is 5.69. The molecule has 0 atom stereocenters. The molecule has 0 spiro atoms. The van der Waals surface area contributed by atoms with E-state index in [1.807, 2.05) is 18.2 Å². The lowest BCUT2D eigenvalue weighted by Crippen LogP contribution is -2.05. The van der Waals surface area contributed by atoms with Crippen LogP contribution < -0.4 is 4.74 Å². The molecule has 1 aromatic heterocycles. The third kappa shape index (κ3) is 2.32. The minimum atomic E-state index is 0.652. The first-order valence-electron chi connectivity index (χ1n) is 5.56. The van der Waals surface area contributed by atoms with Gasteiger partial charge in [0.05, 0.1) is 0 Å². The van der Waals surface area contributed by atoms with Crippen molar-refractivity contribution in [2.45, 2.75) is 0 Å². The maximum Gasteiger partial charge on any atom is 0.127 e. The van der Waals surface area contributed by atoms with Gasteiger partial charge < -0.3 is 4.74 Å². The molecular formula is C15H12OS. The first kappa shape index (κ1) is 10.4. The fraction of sp³-hybridized carbons (Fsp3) is 0.0667. The fourth-order valence-electron chi connectivity index (χ4n) is 1.81. The average molecular weight is 240 g/mol. The van der Waals surface area contributed by atoms with Crippen molar-refractivity contribution < 1.29 is 4.74 Å². The van der Waals surface area contributed by atoms with Crippen LogP contribution in [0, 0.1) is 0 Å². The molecule has 1 aliphatic rings. The Morgan fingerprint density at radius 3 is 2.88 bits per heavy atom. The Bertz CT molecular complexity index is 564. The summed E-state index contributed by atoms with van der Waals surface area (Å²) in [5.41, 5.74) is 2.36. The van der Waals surface area contributed by atoms with Crippen LogP contribution in [0.2, 0.25) is 0 Å². The zero-order valence-corrected chi connectivity index (χ0v) is 10.1. The molecule has 0 N–H and O–H groups in total. The van der Waals surface area contributed by atoms with E-state index in [0.717, 1.165) is 11.3 Å². The van der Waals surface area contributed by atoms with Crippen LogP contribution in [0.25, 0.3) is 12.2 Å². The Labute approximate surface area is 105 Å². The molecular weight excluding hydrogens is 228 g/mol. The summed E-state index contributed by atoms with van der Waals surface area (Å²) in [4.78, 5) is 1.27. The lowest BCUT2D eigenvalue weighted by Gasteiger charge is -2.15. The summed E-state index contributed by atoms with van der Waals surface area (Å²) >= 11 is 1.74. The molecule has 0 saturated heterocycles. The summed E-state index contributed by atoms with van der Waals surface area (Å²) < 4.78 is 5.69. The highest BCUT2D eigenvalue weighted by atomic mass is 32.1. The number of hydrogen-bond donors (Lipinski definition) is 0. The highest BCUT2D eigenvalue weighted by Crippen LogP contribution is 2.26. The van der Waals surface area contributed by atoms with Crippen molar-refractivity contribution in [1.82, 2.24) is 0 Å². The minimum Gasteiger partial charge on any atom is -0.488 e. The van der Waals surface area contributed by atoms with Gasteiger partial charge in [0, 0.05) is 10.4 Å². The van der Waals surface area contributed by atoms with E-state index < -0.39 is 0 Å². The van der Waals surface area contributed by atoms with Crippen molar-refractivity contribution in [3.05, 3.63) is 63.9 Å². The fourth-order valence-corrected chi connectivity index (χ4v) is 2.42. The van der Waals surface area contributed by atoms with Crippen molar-refractivity contribution in [2.75, 3.05) is 6.61 Å². The van der Waals surface area contributed by atoms with Crippen LogP contribution in [0.4, 0.5) is 0 Å². The molecule has 0 radical (unpaired) electrons. The molecule has 0 amide bonds. The molecule has 1 aliphatic heterocycles.